The molecule has 0 aromatic rings. The predicted octanol–water partition coefficient (Wildman–Crippen LogP) is 8.56. The summed E-state index contributed by atoms with van der Waals surface area (Å²) in [6.07, 6.45) is 34.0. The number of hydrogen-bond donors (Lipinski definition) is 3. The molecule has 0 bridgehead atoms. The average molecular weight is 508 g/mol. The molecule has 0 radical (unpaired) electrons. The average Bonchev–Trinajstić information content (AvgIpc) is 2.88. The summed E-state index contributed by atoms with van der Waals surface area (Å²) >= 11 is 0. The van der Waals surface area contributed by atoms with E-state index in [-0.39, 0.29) is 12.5 Å². The van der Waals surface area contributed by atoms with Crippen molar-refractivity contribution in [2.75, 3.05) is 6.61 Å². The van der Waals surface area contributed by atoms with Crippen LogP contribution in [0.1, 0.15) is 155 Å². The molecule has 3 N–H and O–H groups in total. The van der Waals surface area contributed by atoms with Crippen molar-refractivity contribution in [1.29, 1.82) is 0 Å². The predicted molar refractivity (Wildman–Crippen MR) is 156 cm³/mol. The Morgan fingerprint density at radius 2 is 1.11 bits per heavy atom. The number of aliphatic hydroxyl groups is 2. The summed E-state index contributed by atoms with van der Waals surface area (Å²) in [5.41, 5.74) is 0. The second-order valence-electron chi connectivity index (χ2n) is 10.6. The summed E-state index contributed by atoms with van der Waals surface area (Å²) in [6.45, 7) is 4.24. The van der Waals surface area contributed by atoms with E-state index < -0.39 is 12.1 Å². The molecule has 0 spiro atoms. The van der Waals surface area contributed by atoms with E-state index in [9.17, 15) is 15.0 Å². The topological polar surface area (TPSA) is 69.6 Å². The van der Waals surface area contributed by atoms with Crippen molar-refractivity contribution in [3.05, 3.63) is 24.3 Å². The zero-order chi connectivity index (χ0) is 26.5. The lowest BCUT2D eigenvalue weighted by atomic mass is 10.0. The van der Waals surface area contributed by atoms with Gasteiger partial charge in [-0.05, 0) is 19.3 Å². The second kappa shape index (κ2) is 28.4. The van der Waals surface area contributed by atoms with Crippen LogP contribution in [0.3, 0.4) is 0 Å². The Bertz CT molecular complexity index is 518. The Labute approximate surface area is 224 Å². The first kappa shape index (κ1) is 34.9. The van der Waals surface area contributed by atoms with Gasteiger partial charge in [-0.2, -0.15) is 0 Å². The zero-order valence-corrected chi connectivity index (χ0v) is 24.0. The Morgan fingerprint density at radius 1 is 0.667 bits per heavy atom. The van der Waals surface area contributed by atoms with Crippen LogP contribution in [0.2, 0.25) is 0 Å². The highest BCUT2D eigenvalue weighted by molar-refractivity contribution is 5.76. The standard InChI is InChI=1S/C32H61NO3/c1-3-5-7-9-11-13-15-16-18-20-22-24-26-28-32(36)33-30(29-34)31(35)27-25-23-21-19-17-14-12-10-8-6-4-2/h21,23,25,27,30-31,34-35H,3-20,22,24,26,28-29H2,1-2H3,(H,33,36)/b23-21+,27-25+/t30-,31+/m0/s1. The largest absolute Gasteiger partial charge is 0.394 e. The molecular weight excluding hydrogens is 446 g/mol. The van der Waals surface area contributed by atoms with E-state index in [2.05, 4.69) is 25.2 Å². The van der Waals surface area contributed by atoms with E-state index >= 15 is 0 Å². The molecule has 0 unspecified atom stereocenters. The van der Waals surface area contributed by atoms with E-state index in [1.54, 1.807) is 6.08 Å². The van der Waals surface area contributed by atoms with Crippen LogP contribution in [0.25, 0.3) is 0 Å². The second-order valence-corrected chi connectivity index (χ2v) is 10.6. The van der Waals surface area contributed by atoms with Crippen molar-refractivity contribution < 1.29 is 15.0 Å². The summed E-state index contributed by atoms with van der Waals surface area (Å²) < 4.78 is 0. The SMILES string of the molecule is CCCCCCCCC/C=C/C=C/[C@@H](O)[C@H](CO)NC(=O)CCCCCCCCCCCCCCC. The third kappa shape index (κ3) is 24.6. The van der Waals surface area contributed by atoms with Crippen molar-refractivity contribution in [1.82, 2.24) is 5.32 Å². The fraction of sp³-hybridized carbons (Fsp3) is 0.844. The number of carbonyl (C=O) groups is 1. The van der Waals surface area contributed by atoms with Gasteiger partial charge in [0.15, 0.2) is 0 Å². The van der Waals surface area contributed by atoms with E-state index in [0.29, 0.717) is 6.42 Å². The minimum absolute atomic E-state index is 0.0842. The van der Waals surface area contributed by atoms with Crippen LogP contribution in [-0.2, 0) is 4.79 Å². The van der Waals surface area contributed by atoms with Crippen molar-refractivity contribution in [3.8, 4) is 0 Å². The van der Waals surface area contributed by atoms with Crippen molar-refractivity contribution >= 4 is 5.91 Å². The van der Waals surface area contributed by atoms with Gasteiger partial charge in [-0.1, -0.05) is 154 Å². The summed E-state index contributed by atoms with van der Waals surface area (Å²) in [5, 5.41) is 22.7. The van der Waals surface area contributed by atoms with Gasteiger partial charge in [-0.15, -0.1) is 0 Å². The fourth-order valence-corrected chi connectivity index (χ4v) is 4.53. The number of unbranched alkanes of at least 4 members (excludes halogenated alkanes) is 19. The number of aliphatic hydroxyl groups excluding tert-OH is 2. The molecule has 0 aromatic heterocycles. The molecule has 0 saturated carbocycles. The van der Waals surface area contributed by atoms with Gasteiger partial charge >= 0.3 is 0 Å². The smallest absolute Gasteiger partial charge is 0.220 e. The lowest BCUT2D eigenvalue weighted by Crippen LogP contribution is -2.45. The molecular formula is C32H61NO3. The normalized spacial score (nSPS) is 13.6. The van der Waals surface area contributed by atoms with E-state index in [4.69, 9.17) is 0 Å². The molecule has 2 atom stereocenters. The molecule has 212 valence electrons. The highest BCUT2D eigenvalue weighted by Gasteiger charge is 2.17. The third-order valence-corrected chi connectivity index (χ3v) is 6.99. The lowest BCUT2D eigenvalue weighted by Gasteiger charge is -2.19. The van der Waals surface area contributed by atoms with E-state index in [1.165, 1.54) is 116 Å². The molecule has 4 nitrogen and oxygen atoms in total. The van der Waals surface area contributed by atoms with Crippen LogP contribution in [0.5, 0.6) is 0 Å². The minimum Gasteiger partial charge on any atom is -0.394 e. The molecule has 0 saturated heterocycles. The first-order valence-electron chi connectivity index (χ1n) is 15.6. The first-order chi connectivity index (χ1) is 17.7. The van der Waals surface area contributed by atoms with Crippen molar-refractivity contribution in [2.45, 2.75) is 167 Å². The number of hydrogen-bond acceptors (Lipinski definition) is 3. The fourth-order valence-electron chi connectivity index (χ4n) is 4.53. The van der Waals surface area contributed by atoms with Crippen LogP contribution in [0.4, 0.5) is 0 Å². The molecule has 1 amide bonds. The van der Waals surface area contributed by atoms with Gasteiger partial charge in [0.25, 0.3) is 0 Å². The number of rotatable bonds is 27. The van der Waals surface area contributed by atoms with Crippen LogP contribution in [0, 0.1) is 0 Å². The van der Waals surface area contributed by atoms with Gasteiger partial charge < -0.3 is 15.5 Å². The third-order valence-electron chi connectivity index (χ3n) is 6.99. The monoisotopic (exact) mass is 507 g/mol. The van der Waals surface area contributed by atoms with Gasteiger partial charge in [0.1, 0.15) is 0 Å². The maximum Gasteiger partial charge on any atom is 0.220 e. The highest BCUT2D eigenvalue weighted by Crippen LogP contribution is 2.13. The summed E-state index contributed by atoms with van der Waals surface area (Å²) in [4.78, 5) is 12.2. The number of allylic oxidation sites excluding steroid dienone is 3. The van der Waals surface area contributed by atoms with Crippen molar-refractivity contribution in [3.63, 3.8) is 0 Å². The Hall–Kier alpha value is -1.13. The van der Waals surface area contributed by atoms with E-state index in [1.807, 2.05) is 12.2 Å². The van der Waals surface area contributed by atoms with Crippen LogP contribution in [0.15, 0.2) is 24.3 Å². The molecule has 0 aliphatic rings. The Balaban J connectivity index is 3.72. The van der Waals surface area contributed by atoms with Gasteiger partial charge in [-0.3, -0.25) is 4.79 Å². The quantitative estimate of drug-likeness (QED) is 0.0770. The minimum atomic E-state index is -0.881. The molecule has 0 aromatic carbocycles. The highest BCUT2D eigenvalue weighted by atomic mass is 16.3. The maximum atomic E-state index is 12.2. The zero-order valence-electron chi connectivity index (χ0n) is 24.0. The van der Waals surface area contributed by atoms with Gasteiger partial charge in [0.05, 0.1) is 18.8 Å². The molecule has 0 aliphatic heterocycles. The van der Waals surface area contributed by atoms with E-state index in [0.717, 1.165) is 19.3 Å². The van der Waals surface area contributed by atoms with Crippen LogP contribution >= 0.6 is 0 Å². The lowest BCUT2D eigenvalue weighted by molar-refractivity contribution is -0.123. The Morgan fingerprint density at radius 3 is 1.58 bits per heavy atom. The van der Waals surface area contributed by atoms with Gasteiger partial charge in [0.2, 0.25) is 5.91 Å². The summed E-state index contributed by atoms with van der Waals surface area (Å²) in [7, 11) is 0. The Kier molecular flexibility index (Phi) is 27.5. The number of carbonyl (C=O) groups excluding carboxylic acids is 1. The molecule has 0 fully saturated rings. The molecule has 4 heteroatoms. The summed E-state index contributed by atoms with van der Waals surface area (Å²) in [5.74, 6) is -0.0842. The van der Waals surface area contributed by atoms with Gasteiger partial charge in [-0.25, -0.2) is 0 Å². The number of nitrogens with one attached hydrogen (secondary N) is 1. The maximum absolute atomic E-state index is 12.2. The number of amides is 1. The van der Waals surface area contributed by atoms with Gasteiger partial charge in [0, 0.05) is 6.42 Å². The molecule has 36 heavy (non-hydrogen) atoms. The van der Waals surface area contributed by atoms with Crippen LogP contribution < -0.4 is 5.32 Å². The van der Waals surface area contributed by atoms with Crippen molar-refractivity contribution in [2.24, 2.45) is 0 Å². The summed E-state index contributed by atoms with van der Waals surface area (Å²) in [6, 6.07) is -0.646. The molecule has 0 heterocycles. The van der Waals surface area contributed by atoms with Crippen LogP contribution in [-0.4, -0.2) is 34.9 Å². The first-order valence-corrected chi connectivity index (χ1v) is 15.6. The molecule has 0 aliphatic carbocycles. The molecule has 0 rings (SSSR count).